The largest absolute Gasteiger partial charge is 0.356 e. The highest BCUT2D eigenvalue weighted by molar-refractivity contribution is 7.85. The van der Waals surface area contributed by atoms with Gasteiger partial charge in [0, 0.05) is 29.1 Å². The molecule has 228 valence electrons. The molecule has 2 aliphatic carbocycles. The van der Waals surface area contributed by atoms with Gasteiger partial charge in [-0.3, -0.25) is 9.35 Å². The van der Waals surface area contributed by atoms with Gasteiger partial charge in [0.05, 0.1) is 17.4 Å². The molecule has 3 aromatic rings. The van der Waals surface area contributed by atoms with Crippen LogP contribution in [0.25, 0.3) is 11.3 Å². The maximum absolute atomic E-state index is 12.7. The van der Waals surface area contributed by atoms with Crippen LogP contribution in [0.4, 0.5) is 0 Å². The molecule has 1 saturated carbocycles. The first kappa shape index (κ1) is 31.2. The molecule has 3 atom stereocenters. The quantitative estimate of drug-likeness (QED) is 0.227. The lowest BCUT2D eigenvalue weighted by Crippen LogP contribution is -2.36. The Bertz CT molecular complexity index is 1650. The van der Waals surface area contributed by atoms with Crippen LogP contribution < -0.4 is 5.32 Å². The van der Waals surface area contributed by atoms with Gasteiger partial charge in [-0.25, -0.2) is 0 Å². The van der Waals surface area contributed by atoms with E-state index in [4.69, 9.17) is 20.7 Å². The fourth-order valence-electron chi connectivity index (χ4n) is 5.62. The third-order valence-electron chi connectivity index (χ3n) is 8.28. The monoisotopic (exact) mass is 622 g/mol. The standard InChI is InChI=1S/C34H39ClN2O5S/c1-21-15-22(5-12-29(21)33(38)36-13-14-43(39,40)41)16-30(24-8-10-27(11-9-24)34(2,3)4)31-20-32(42-37-31)26-17-25(23-6-7-23)18-28(35)19-26/h5,8-12,15,17-21,23,29-30H,6-7,13-14,16H2,1-4H3,(H,36,38)(H,39,40,41). The smallest absolute Gasteiger partial charge is 0.266 e. The number of aromatic nitrogens is 1. The average molecular weight is 623 g/mol. The van der Waals surface area contributed by atoms with E-state index in [1.807, 2.05) is 37.3 Å². The van der Waals surface area contributed by atoms with Crippen molar-refractivity contribution in [3.63, 3.8) is 0 Å². The van der Waals surface area contributed by atoms with Gasteiger partial charge < -0.3 is 9.84 Å². The number of benzene rings is 2. The van der Waals surface area contributed by atoms with Crippen LogP contribution in [0.3, 0.4) is 0 Å². The van der Waals surface area contributed by atoms with Crippen molar-refractivity contribution in [2.45, 2.75) is 64.2 Å². The zero-order chi connectivity index (χ0) is 30.9. The third kappa shape index (κ3) is 8.05. The van der Waals surface area contributed by atoms with Gasteiger partial charge in [-0.05, 0) is 71.4 Å². The molecule has 3 unspecified atom stereocenters. The summed E-state index contributed by atoms with van der Waals surface area (Å²) in [6.07, 6.45) is 8.93. The van der Waals surface area contributed by atoms with Gasteiger partial charge in [-0.2, -0.15) is 8.42 Å². The lowest BCUT2D eigenvalue weighted by molar-refractivity contribution is -0.124. The highest BCUT2D eigenvalue weighted by Crippen LogP contribution is 2.43. The normalized spacial score (nSPS) is 19.6. The number of rotatable bonds is 10. The lowest BCUT2D eigenvalue weighted by atomic mass is 9.80. The van der Waals surface area contributed by atoms with Gasteiger partial charge in [0.15, 0.2) is 5.76 Å². The maximum atomic E-state index is 12.7. The Morgan fingerprint density at radius 3 is 2.49 bits per heavy atom. The first-order valence-corrected chi connectivity index (χ1v) is 16.8. The summed E-state index contributed by atoms with van der Waals surface area (Å²) in [4.78, 5) is 12.7. The first-order valence-electron chi connectivity index (χ1n) is 14.8. The zero-order valence-corrected chi connectivity index (χ0v) is 26.6. The molecule has 2 aromatic carbocycles. The fraction of sp³-hybridized carbons (Fsp3) is 0.412. The number of carbonyl (C=O) groups is 1. The third-order valence-corrected chi connectivity index (χ3v) is 9.22. The Morgan fingerprint density at radius 1 is 1.14 bits per heavy atom. The SMILES string of the molecule is CC1C=C(CC(c2ccc(C(C)(C)C)cc2)c2cc(-c3cc(Cl)cc(C4CC4)c3)on2)C=CC1C(=O)NCCS(=O)(=O)O. The zero-order valence-electron chi connectivity index (χ0n) is 25.0. The van der Waals surface area contributed by atoms with Crippen LogP contribution in [-0.2, 0) is 20.3 Å². The summed E-state index contributed by atoms with van der Waals surface area (Å²) in [5, 5.41) is 7.84. The summed E-state index contributed by atoms with van der Waals surface area (Å²) in [7, 11) is -4.14. The van der Waals surface area contributed by atoms with Crippen molar-refractivity contribution in [1.82, 2.24) is 10.5 Å². The van der Waals surface area contributed by atoms with Gasteiger partial charge in [0.1, 0.15) is 0 Å². The molecule has 1 amide bonds. The van der Waals surface area contributed by atoms with Gasteiger partial charge in [-0.15, -0.1) is 0 Å². The molecule has 1 fully saturated rings. The highest BCUT2D eigenvalue weighted by Gasteiger charge is 2.28. The second-order valence-electron chi connectivity index (χ2n) is 12.9. The summed E-state index contributed by atoms with van der Waals surface area (Å²) in [6, 6.07) is 16.8. The number of amides is 1. The molecule has 0 spiro atoms. The molecule has 0 radical (unpaired) electrons. The number of nitrogens with zero attached hydrogens (tertiary/aromatic N) is 1. The molecule has 43 heavy (non-hydrogen) atoms. The van der Waals surface area contributed by atoms with Gasteiger partial charge in [-0.1, -0.05) is 92.5 Å². The first-order chi connectivity index (χ1) is 20.3. The molecule has 2 aliphatic rings. The predicted molar refractivity (Wildman–Crippen MR) is 170 cm³/mol. The average Bonchev–Trinajstić information content (AvgIpc) is 3.67. The Balaban J connectivity index is 1.39. The number of hydrogen-bond donors (Lipinski definition) is 2. The van der Waals surface area contributed by atoms with Crippen molar-refractivity contribution in [2.75, 3.05) is 12.3 Å². The minimum Gasteiger partial charge on any atom is -0.356 e. The second kappa shape index (κ2) is 12.4. The van der Waals surface area contributed by atoms with E-state index in [0.29, 0.717) is 23.1 Å². The van der Waals surface area contributed by atoms with Crippen molar-refractivity contribution in [1.29, 1.82) is 0 Å². The summed E-state index contributed by atoms with van der Waals surface area (Å²) >= 11 is 6.47. The van der Waals surface area contributed by atoms with E-state index in [-0.39, 0.29) is 29.7 Å². The van der Waals surface area contributed by atoms with E-state index < -0.39 is 21.8 Å². The number of hydrogen-bond acceptors (Lipinski definition) is 5. The molecule has 9 heteroatoms. The number of halogens is 1. The van der Waals surface area contributed by atoms with Gasteiger partial charge >= 0.3 is 0 Å². The number of allylic oxidation sites excluding steroid dienone is 3. The maximum Gasteiger partial charge on any atom is 0.266 e. The van der Waals surface area contributed by atoms with E-state index in [0.717, 1.165) is 22.4 Å². The van der Waals surface area contributed by atoms with Crippen LogP contribution in [0.2, 0.25) is 5.02 Å². The van der Waals surface area contributed by atoms with Crippen molar-refractivity contribution in [3.8, 4) is 11.3 Å². The number of nitrogens with one attached hydrogen (secondary N) is 1. The molecule has 1 aromatic heterocycles. The summed E-state index contributed by atoms with van der Waals surface area (Å²) in [5.41, 5.74) is 6.43. The van der Waals surface area contributed by atoms with Crippen LogP contribution in [0.15, 0.2) is 76.9 Å². The van der Waals surface area contributed by atoms with E-state index in [1.165, 1.54) is 24.0 Å². The van der Waals surface area contributed by atoms with Crippen LogP contribution >= 0.6 is 11.6 Å². The summed E-state index contributed by atoms with van der Waals surface area (Å²) in [6.45, 7) is 8.41. The molecule has 2 N–H and O–H groups in total. The van der Waals surface area contributed by atoms with Gasteiger partial charge in [0.2, 0.25) is 5.91 Å². The summed E-state index contributed by atoms with van der Waals surface area (Å²) in [5.74, 6) is -0.168. The molecule has 0 bridgehead atoms. The minimum atomic E-state index is -4.14. The van der Waals surface area contributed by atoms with E-state index in [2.05, 4.69) is 67.7 Å². The van der Waals surface area contributed by atoms with Crippen molar-refractivity contribution >= 4 is 27.6 Å². The van der Waals surface area contributed by atoms with E-state index in [9.17, 15) is 13.2 Å². The topological polar surface area (TPSA) is 110 Å². The Morgan fingerprint density at radius 2 is 1.86 bits per heavy atom. The van der Waals surface area contributed by atoms with Crippen molar-refractivity contribution in [2.24, 2.45) is 11.8 Å². The van der Waals surface area contributed by atoms with Gasteiger partial charge in [0.25, 0.3) is 10.1 Å². The highest BCUT2D eigenvalue weighted by atomic mass is 35.5. The molecule has 7 nitrogen and oxygen atoms in total. The van der Waals surface area contributed by atoms with Crippen LogP contribution in [0, 0.1) is 11.8 Å². The molecule has 0 saturated heterocycles. The van der Waals surface area contributed by atoms with E-state index in [1.54, 1.807) is 0 Å². The predicted octanol–water partition coefficient (Wildman–Crippen LogP) is 7.44. The van der Waals surface area contributed by atoms with Crippen LogP contribution in [0.1, 0.15) is 81.2 Å². The molecule has 5 rings (SSSR count). The Labute approximate surface area is 259 Å². The van der Waals surface area contributed by atoms with E-state index >= 15 is 0 Å². The lowest BCUT2D eigenvalue weighted by Gasteiger charge is -2.25. The second-order valence-corrected chi connectivity index (χ2v) is 14.9. The molecular formula is C34H39ClN2O5S. The minimum absolute atomic E-state index is 0.0297. The molecule has 0 aliphatic heterocycles. The van der Waals surface area contributed by atoms with Crippen molar-refractivity contribution in [3.05, 3.63) is 99.7 Å². The number of carbonyl (C=O) groups excluding carboxylic acids is 1. The van der Waals surface area contributed by atoms with Crippen LogP contribution in [0.5, 0.6) is 0 Å². The molecule has 1 heterocycles. The summed E-state index contributed by atoms with van der Waals surface area (Å²) < 4.78 is 36.9. The van der Waals surface area contributed by atoms with Crippen molar-refractivity contribution < 1.29 is 22.3 Å². The Hall–Kier alpha value is -3.20. The van der Waals surface area contributed by atoms with Crippen LogP contribution in [-0.4, -0.2) is 36.3 Å². The Kier molecular flexibility index (Phi) is 9.02. The fourth-order valence-corrected chi connectivity index (χ4v) is 6.23. The molecular weight excluding hydrogens is 584 g/mol.